The molecule has 7 nitrogen and oxygen atoms in total. The number of anilines is 3. The molecule has 0 fully saturated rings. The minimum atomic E-state index is -1.19. The largest absolute Gasteiger partial charge is 0.456 e. The van der Waals surface area contributed by atoms with Gasteiger partial charge in [0.05, 0.1) is 0 Å². The van der Waals surface area contributed by atoms with Gasteiger partial charge in [0.1, 0.15) is 17.0 Å². The van der Waals surface area contributed by atoms with Crippen molar-refractivity contribution in [1.82, 2.24) is 10.4 Å². The Bertz CT molecular complexity index is 3070. The second-order valence-electron chi connectivity index (χ2n) is 17.3. The van der Waals surface area contributed by atoms with Gasteiger partial charge in [0.2, 0.25) is 0 Å². The Morgan fingerprint density at radius 1 is 0.507 bits per heavy atom. The van der Waals surface area contributed by atoms with E-state index in [1.165, 1.54) is 0 Å². The van der Waals surface area contributed by atoms with Gasteiger partial charge in [-0.1, -0.05) is 152 Å². The SMILES string of the molecule is CCN(CC)c1ccc2c(c1)Oc1cc(N(CC)CC)ccc1C21c2cc(-c3ccc(C(=C(c4ccccc4)c4ccccc4)c4ccccc4)cc3)ccc2C(=O)N1NC(=S)Nc1ccccc1. The standard InChI is InChI=1S/C61H55N5O2S/c1-5-64(6-2)49-34-37-52-55(40-49)68-56-41-50(65(7-3)8-4)35-38-53(56)61(52)54-39-47(33-36-51(54)59(67)66(61)63-60(69)62-48-27-19-12-20-28-48)42-29-31-46(32-30-42)58(45-25-17-11-18-26-45)57(43-21-13-9-14-22-43)44-23-15-10-16-24-44/h9-41H,5-8H2,1-4H3,(H2,62,63,69). The van der Waals surface area contributed by atoms with Gasteiger partial charge in [-0.15, -0.1) is 0 Å². The highest BCUT2D eigenvalue weighted by atomic mass is 32.1. The number of thiocarbonyl (C=S) groups is 1. The maximum Gasteiger partial charge on any atom is 0.274 e. The van der Waals surface area contributed by atoms with E-state index in [9.17, 15) is 0 Å². The predicted molar refractivity (Wildman–Crippen MR) is 288 cm³/mol. The molecule has 2 N–H and O–H groups in total. The predicted octanol–water partition coefficient (Wildman–Crippen LogP) is 13.8. The van der Waals surface area contributed by atoms with Crippen LogP contribution in [0.1, 0.15) is 77.0 Å². The number of carbonyl (C=O) groups excluding carboxylic acids is 1. The zero-order valence-corrected chi connectivity index (χ0v) is 40.3. The number of fused-ring (bicyclic) bond motifs is 6. The monoisotopic (exact) mass is 921 g/mol. The molecule has 2 aliphatic rings. The molecule has 8 aromatic rings. The Balaban J connectivity index is 1.16. The van der Waals surface area contributed by atoms with Crippen LogP contribution in [0.4, 0.5) is 17.1 Å². The van der Waals surface area contributed by atoms with Gasteiger partial charge >= 0.3 is 0 Å². The van der Waals surface area contributed by atoms with Crippen LogP contribution < -0.4 is 25.3 Å². The molecule has 0 radical (unpaired) electrons. The summed E-state index contributed by atoms with van der Waals surface area (Å²) in [6.45, 7) is 12.0. The summed E-state index contributed by atoms with van der Waals surface area (Å²) in [6.07, 6.45) is 0. The average Bonchev–Trinajstić information content (AvgIpc) is 3.63. The van der Waals surface area contributed by atoms with E-state index in [-0.39, 0.29) is 5.91 Å². The number of para-hydroxylation sites is 1. The van der Waals surface area contributed by atoms with E-state index < -0.39 is 5.54 Å². The number of hydrazine groups is 1. The topological polar surface area (TPSA) is 60.1 Å². The van der Waals surface area contributed by atoms with E-state index in [2.05, 4.69) is 212 Å². The summed E-state index contributed by atoms with van der Waals surface area (Å²) < 4.78 is 7.02. The fourth-order valence-electron chi connectivity index (χ4n) is 10.2. The summed E-state index contributed by atoms with van der Waals surface area (Å²) in [7, 11) is 0. The van der Waals surface area contributed by atoms with Crippen LogP contribution >= 0.6 is 12.2 Å². The zero-order chi connectivity index (χ0) is 47.5. The molecule has 0 aromatic heterocycles. The van der Waals surface area contributed by atoms with Crippen LogP contribution in [0.15, 0.2) is 200 Å². The summed E-state index contributed by atoms with van der Waals surface area (Å²) >= 11 is 6.05. The van der Waals surface area contributed by atoms with Crippen LogP contribution in [0.5, 0.6) is 11.5 Å². The van der Waals surface area contributed by atoms with Crippen LogP contribution in [0.25, 0.3) is 22.3 Å². The molecule has 0 aliphatic carbocycles. The molecule has 2 heterocycles. The first-order valence-corrected chi connectivity index (χ1v) is 24.4. The lowest BCUT2D eigenvalue weighted by Crippen LogP contribution is -2.56. The molecular formula is C61H55N5O2S. The molecular weight excluding hydrogens is 867 g/mol. The first kappa shape index (κ1) is 44.9. The lowest BCUT2D eigenvalue weighted by atomic mass is 9.74. The summed E-state index contributed by atoms with van der Waals surface area (Å²) in [5.41, 5.74) is 17.0. The van der Waals surface area contributed by atoms with E-state index in [1.54, 1.807) is 5.01 Å². The number of nitrogens with one attached hydrogen (secondary N) is 2. The van der Waals surface area contributed by atoms with Crippen molar-refractivity contribution in [3.63, 3.8) is 0 Å². The second-order valence-corrected chi connectivity index (χ2v) is 17.7. The Morgan fingerprint density at radius 2 is 0.942 bits per heavy atom. The van der Waals surface area contributed by atoms with E-state index >= 15 is 4.79 Å². The van der Waals surface area contributed by atoms with Crippen LogP contribution in [0, 0.1) is 0 Å². The van der Waals surface area contributed by atoms with E-state index in [1.807, 2.05) is 36.4 Å². The molecule has 0 saturated carbocycles. The lowest BCUT2D eigenvalue weighted by Gasteiger charge is -2.44. The molecule has 0 atom stereocenters. The molecule has 8 heteroatoms. The number of rotatable bonds is 13. The first-order chi connectivity index (χ1) is 33.9. The van der Waals surface area contributed by atoms with Gasteiger partial charge in [-0.05, 0) is 121 Å². The fourth-order valence-corrected chi connectivity index (χ4v) is 10.4. The van der Waals surface area contributed by atoms with Gasteiger partial charge in [0.25, 0.3) is 5.91 Å². The third-order valence-corrected chi connectivity index (χ3v) is 13.7. The molecule has 10 rings (SSSR count). The lowest BCUT2D eigenvalue weighted by molar-refractivity contribution is 0.0595. The molecule has 1 amide bonds. The highest BCUT2D eigenvalue weighted by Gasteiger charge is 2.57. The third kappa shape index (κ3) is 8.21. The Hall–Kier alpha value is -7.94. The van der Waals surface area contributed by atoms with E-state index in [4.69, 9.17) is 17.0 Å². The highest BCUT2D eigenvalue weighted by Crippen LogP contribution is 2.58. The number of hydrogen-bond donors (Lipinski definition) is 2. The molecule has 69 heavy (non-hydrogen) atoms. The van der Waals surface area contributed by atoms with Crippen molar-refractivity contribution in [2.75, 3.05) is 41.3 Å². The molecule has 342 valence electrons. The Labute approximate surface area is 411 Å². The molecule has 0 bridgehead atoms. The van der Waals surface area contributed by atoms with Gasteiger partial charge < -0.3 is 19.9 Å². The second kappa shape index (κ2) is 19.3. The van der Waals surface area contributed by atoms with E-state index in [0.29, 0.717) is 22.2 Å². The van der Waals surface area contributed by atoms with Gasteiger partial charge in [-0.3, -0.25) is 10.2 Å². The van der Waals surface area contributed by atoms with Crippen molar-refractivity contribution in [2.45, 2.75) is 33.2 Å². The highest BCUT2D eigenvalue weighted by molar-refractivity contribution is 7.80. The van der Waals surface area contributed by atoms with Crippen LogP contribution in [0.2, 0.25) is 0 Å². The summed E-state index contributed by atoms with van der Waals surface area (Å²) in [5, 5.41) is 5.35. The van der Waals surface area contributed by atoms with Crippen LogP contribution in [-0.2, 0) is 5.54 Å². The van der Waals surface area contributed by atoms with Gasteiger partial charge in [0, 0.05) is 77.6 Å². The normalized spacial score (nSPS) is 12.9. The number of amides is 1. The third-order valence-electron chi connectivity index (χ3n) is 13.6. The fraction of sp³-hybridized carbons (Fsp3) is 0.148. The summed E-state index contributed by atoms with van der Waals surface area (Å²) in [4.78, 5) is 19.9. The Kier molecular flexibility index (Phi) is 12.6. The summed E-state index contributed by atoms with van der Waals surface area (Å²) in [6, 6.07) is 69.5. The quantitative estimate of drug-likeness (QED) is 0.0882. The van der Waals surface area contributed by atoms with Crippen molar-refractivity contribution in [3.8, 4) is 22.6 Å². The maximum absolute atomic E-state index is 15.3. The molecule has 8 aromatic carbocycles. The number of hydrogen-bond acceptors (Lipinski definition) is 5. The van der Waals surface area contributed by atoms with Crippen LogP contribution in [0.3, 0.4) is 0 Å². The van der Waals surface area contributed by atoms with Gasteiger partial charge in [-0.25, -0.2) is 5.01 Å². The van der Waals surface area contributed by atoms with E-state index in [0.717, 1.165) is 104 Å². The van der Waals surface area contributed by atoms with Crippen molar-refractivity contribution < 1.29 is 9.53 Å². The number of ether oxygens (including phenoxy) is 1. The molecule has 2 aliphatic heterocycles. The first-order valence-electron chi connectivity index (χ1n) is 24.0. The molecule has 0 unspecified atom stereocenters. The molecule has 0 saturated heterocycles. The van der Waals surface area contributed by atoms with Crippen molar-refractivity contribution in [2.24, 2.45) is 0 Å². The average molecular weight is 922 g/mol. The minimum Gasteiger partial charge on any atom is -0.456 e. The summed E-state index contributed by atoms with van der Waals surface area (Å²) in [5.74, 6) is 1.16. The Morgan fingerprint density at radius 3 is 1.41 bits per heavy atom. The number of nitrogens with zero attached hydrogens (tertiary/aromatic N) is 3. The van der Waals surface area contributed by atoms with Gasteiger partial charge in [0.15, 0.2) is 5.11 Å². The van der Waals surface area contributed by atoms with Gasteiger partial charge in [-0.2, -0.15) is 0 Å². The number of benzene rings is 8. The van der Waals surface area contributed by atoms with Crippen molar-refractivity contribution in [1.29, 1.82) is 0 Å². The number of carbonyl (C=O) groups is 1. The van der Waals surface area contributed by atoms with Crippen LogP contribution in [-0.4, -0.2) is 42.2 Å². The van der Waals surface area contributed by atoms with Crippen molar-refractivity contribution >= 4 is 51.4 Å². The minimum absolute atomic E-state index is 0.199. The zero-order valence-electron chi connectivity index (χ0n) is 39.4. The molecule has 1 spiro atoms. The smallest absolute Gasteiger partial charge is 0.274 e. The maximum atomic E-state index is 15.3. The van der Waals surface area contributed by atoms with Crippen molar-refractivity contribution in [3.05, 3.63) is 245 Å².